The van der Waals surface area contributed by atoms with Crippen molar-refractivity contribution in [2.24, 2.45) is 0 Å². The monoisotopic (exact) mass is 473 g/mol. The number of nitrogens with zero attached hydrogens (tertiary/aromatic N) is 1. The average Bonchev–Trinajstić information content (AvgIpc) is 2.99. The van der Waals surface area contributed by atoms with Crippen LogP contribution in [0.25, 0.3) is 43.4 Å². The van der Waals surface area contributed by atoms with Gasteiger partial charge in [-0.25, -0.2) is 0 Å². The summed E-state index contributed by atoms with van der Waals surface area (Å²) in [5.74, 6) is 0. The molecule has 0 atom stereocenters. The van der Waals surface area contributed by atoms with Gasteiger partial charge in [0.05, 0.1) is 0 Å². The molecule has 0 amide bonds. The molecule has 6 aromatic rings. The zero-order valence-electron chi connectivity index (χ0n) is 20.6. The Balaban J connectivity index is 1.34. The number of hydrogen-bond donors (Lipinski definition) is 0. The van der Waals surface area contributed by atoms with E-state index in [4.69, 9.17) is 0 Å². The number of hydrogen-bond acceptors (Lipinski definition) is 1. The molecule has 0 radical (unpaired) electrons. The Morgan fingerprint density at radius 2 is 1.00 bits per heavy atom. The quantitative estimate of drug-likeness (QED) is 0.230. The molecule has 7 rings (SSSR count). The lowest BCUT2D eigenvalue weighted by Crippen LogP contribution is -2.17. The van der Waals surface area contributed by atoms with E-state index >= 15 is 0 Å². The number of fused-ring (bicyclic) bond motifs is 6. The van der Waals surface area contributed by atoms with Gasteiger partial charge in [0.15, 0.2) is 0 Å². The molecule has 0 spiro atoms. The van der Waals surface area contributed by atoms with Crippen LogP contribution in [-0.4, -0.2) is 0 Å². The highest BCUT2D eigenvalue weighted by molar-refractivity contribution is 6.25. The smallest absolute Gasteiger partial charge is 0.0458 e. The molecule has 0 saturated heterocycles. The molecule has 1 nitrogen and oxygen atoms in total. The molecule has 0 N–H and O–H groups in total. The minimum Gasteiger partial charge on any atom is -0.314 e. The van der Waals surface area contributed by atoms with Crippen LogP contribution in [0, 0.1) is 0 Å². The summed E-state index contributed by atoms with van der Waals surface area (Å²) in [6.45, 7) is 0. The minimum absolute atomic E-state index is 1.04. The predicted molar refractivity (Wildman–Crippen MR) is 159 cm³/mol. The fourth-order valence-corrected chi connectivity index (χ4v) is 5.72. The van der Waals surface area contributed by atoms with Crippen LogP contribution in [0.5, 0.6) is 0 Å². The summed E-state index contributed by atoms with van der Waals surface area (Å²) in [4.78, 5) is 2.38. The molecule has 0 bridgehead atoms. The van der Waals surface area contributed by atoms with Gasteiger partial charge in [-0.3, -0.25) is 0 Å². The summed E-state index contributed by atoms with van der Waals surface area (Å²) in [5.41, 5.74) is 6.18. The molecule has 0 aliphatic heterocycles. The van der Waals surface area contributed by atoms with Crippen LogP contribution < -0.4 is 4.90 Å². The predicted octanol–water partition coefficient (Wildman–Crippen LogP) is 10.2. The van der Waals surface area contributed by atoms with E-state index in [0.717, 1.165) is 12.8 Å². The van der Waals surface area contributed by atoms with Crippen molar-refractivity contribution in [1.29, 1.82) is 0 Å². The van der Waals surface area contributed by atoms with E-state index in [2.05, 4.69) is 144 Å². The molecule has 37 heavy (non-hydrogen) atoms. The van der Waals surface area contributed by atoms with E-state index in [-0.39, 0.29) is 0 Å². The normalized spacial score (nSPS) is 13.2. The first-order chi connectivity index (χ1) is 18.4. The van der Waals surface area contributed by atoms with Gasteiger partial charge in [0.25, 0.3) is 0 Å². The van der Waals surface area contributed by atoms with E-state index in [9.17, 15) is 0 Å². The summed E-state index contributed by atoms with van der Waals surface area (Å²) >= 11 is 0. The maximum atomic E-state index is 2.38. The molecule has 0 aromatic heterocycles. The highest BCUT2D eigenvalue weighted by Gasteiger charge is 2.16. The lowest BCUT2D eigenvalue weighted by molar-refractivity contribution is 0.918. The number of anilines is 2. The molecular weight excluding hydrogens is 446 g/mol. The Morgan fingerprint density at radius 3 is 1.62 bits per heavy atom. The lowest BCUT2D eigenvalue weighted by atomic mass is 9.92. The topological polar surface area (TPSA) is 3.24 Å². The second kappa shape index (κ2) is 9.11. The molecule has 0 heterocycles. The van der Waals surface area contributed by atoms with Crippen molar-refractivity contribution < 1.29 is 0 Å². The molecule has 6 aromatic carbocycles. The van der Waals surface area contributed by atoms with Crippen LogP contribution in [0.4, 0.5) is 11.4 Å². The summed E-state index contributed by atoms with van der Waals surface area (Å²) in [7, 11) is 0. The third kappa shape index (κ3) is 3.80. The Hall–Kier alpha value is -4.62. The van der Waals surface area contributed by atoms with Gasteiger partial charge in [0.2, 0.25) is 0 Å². The summed E-state index contributed by atoms with van der Waals surface area (Å²) < 4.78 is 0. The Morgan fingerprint density at radius 1 is 0.459 bits per heavy atom. The highest BCUT2D eigenvalue weighted by atomic mass is 15.1. The summed E-state index contributed by atoms with van der Waals surface area (Å²) in [6, 6.07) is 44.1. The SMILES string of the molecule is C1=CCCC(N(c2ccccc2)c2ccc(-c3ccc4c5ccccc5c5ccccc5c4c3)cc2)=C1. The van der Waals surface area contributed by atoms with E-state index in [1.54, 1.807) is 0 Å². The van der Waals surface area contributed by atoms with Crippen molar-refractivity contribution in [3.05, 3.63) is 145 Å². The van der Waals surface area contributed by atoms with Gasteiger partial charge in [-0.1, -0.05) is 103 Å². The second-order valence-electron chi connectivity index (χ2n) is 9.69. The van der Waals surface area contributed by atoms with Gasteiger partial charge >= 0.3 is 0 Å². The maximum absolute atomic E-state index is 2.38. The third-order valence-corrected chi connectivity index (χ3v) is 7.50. The second-order valence-corrected chi connectivity index (χ2v) is 9.69. The largest absolute Gasteiger partial charge is 0.314 e. The van der Waals surface area contributed by atoms with Crippen molar-refractivity contribution >= 4 is 43.7 Å². The number of benzene rings is 6. The van der Waals surface area contributed by atoms with Crippen LogP contribution in [0.15, 0.2) is 145 Å². The average molecular weight is 474 g/mol. The third-order valence-electron chi connectivity index (χ3n) is 7.50. The van der Waals surface area contributed by atoms with Crippen molar-refractivity contribution in [3.8, 4) is 11.1 Å². The van der Waals surface area contributed by atoms with Crippen molar-refractivity contribution in [3.63, 3.8) is 0 Å². The van der Waals surface area contributed by atoms with E-state index in [1.807, 2.05) is 0 Å². The summed E-state index contributed by atoms with van der Waals surface area (Å²) in [6.07, 6.45) is 8.77. The standard InChI is InChI=1S/C36H27N/c1-3-11-28(12-4-1)37(29-13-5-2-6-14-29)30-22-19-26(20-23-30)27-21-24-35-33-17-8-7-15-31(33)32-16-9-10-18-34(32)36(35)25-27/h1-5,7-13,15-25H,6,14H2. The molecule has 1 heteroatoms. The zero-order chi connectivity index (χ0) is 24.6. The van der Waals surface area contributed by atoms with Gasteiger partial charge in [0.1, 0.15) is 0 Å². The zero-order valence-corrected chi connectivity index (χ0v) is 20.6. The van der Waals surface area contributed by atoms with E-state index in [1.165, 1.54) is 60.5 Å². The molecule has 1 aliphatic carbocycles. The Kier molecular flexibility index (Phi) is 5.33. The lowest BCUT2D eigenvalue weighted by Gasteiger charge is -2.29. The summed E-state index contributed by atoms with van der Waals surface area (Å²) in [5, 5.41) is 7.86. The van der Waals surface area contributed by atoms with Crippen LogP contribution in [0.2, 0.25) is 0 Å². The van der Waals surface area contributed by atoms with Crippen LogP contribution in [0.3, 0.4) is 0 Å². The van der Waals surface area contributed by atoms with Gasteiger partial charge < -0.3 is 4.90 Å². The van der Waals surface area contributed by atoms with Crippen molar-refractivity contribution in [2.45, 2.75) is 12.8 Å². The first-order valence-corrected chi connectivity index (χ1v) is 13.0. The van der Waals surface area contributed by atoms with Gasteiger partial charge in [0, 0.05) is 17.1 Å². The van der Waals surface area contributed by atoms with Gasteiger partial charge in [-0.05, 0) is 92.7 Å². The number of para-hydroxylation sites is 1. The molecule has 0 fully saturated rings. The molecule has 176 valence electrons. The van der Waals surface area contributed by atoms with E-state index < -0.39 is 0 Å². The van der Waals surface area contributed by atoms with Gasteiger partial charge in [-0.15, -0.1) is 0 Å². The van der Waals surface area contributed by atoms with Gasteiger partial charge in [-0.2, -0.15) is 0 Å². The maximum Gasteiger partial charge on any atom is 0.0458 e. The molecule has 0 saturated carbocycles. The molecular formula is C36H27N. The molecule has 1 aliphatic rings. The first-order valence-electron chi connectivity index (χ1n) is 13.0. The Labute approximate surface area is 217 Å². The fraction of sp³-hybridized carbons (Fsp3) is 0.0556. The van der Waals surface area contributed by atoms with Crippen LogP contribution in [0.1, 0.15) is 12.8 Å². The minimum atomic E-state index is 1.04. The molecule has 0 unspecified atom stereocenters. The number of rotatable bonds is 4. The van der Waals surface area contributed by atoms with Crippen LogP contribution >= 0.6 is 0 Å². The van der Waals surface area contributed by atoms with Crippen molar-refractivity contribution in [2.75, 3.05) is 4.90 Å². The highest BCUT2D eigenvalue weighted by Crippen LogP contribution is 2.38. The van der Waals surface area contributed by atoms with Crippen LogP contribution in [-0.2, 0) is 0 Å². The van der Waals surface area contributed by atoms with Crippen molar-refractivity contribution in [1.82, 2.24) is 0 Å². The fourth-order valence-electron chi connectivity index (χ4n) is 5.72. The number of allylic oxidation sites excluding steroid dienone is 4. The van der Waals surface area contributed by atoms with E-state index in [0.29, 0.717) is 0 Å². The Bertz CT molecular complexity index is 1770. The first kappa shape index (κ1) is 21.6.